The molecule has 0 saturated heterocycles. The maximum Gasteiger partial charge on any atom is 0.417 e. The maximum absolute atomic E-state index is 13.8. The second-order valence-electron chi connectivity index (χ2n) is 8.43. The van der Waals surface area contributed by atoms with Gasteiger partial charge in [-0.05, 0) is 67.8 Å². The summed E-state index contributed by atoms with van der Waals surface area (Å²) in [5, 5.41) is 11.1. The van der Waals surface area contributed by atoms with Crippen molar-refractivity contribution >= 4 is 11.6 Å². The first-order valence-corrected chi connectivity index (χ1v) is 10.7. The molecule has 1 aromatic heterocycles. The number of aryl methyl sites for hydroxylation is 1. The number of aliphatic hydroxyl groups is 1. The van der Waals surface area contributed by atoms with Gasteiger partial charge in [0, 0.05) is 22.5 Å². The summed E-state index contributed by atoms with van der Waals surface area (Å²) in [5.41, 5.74) is 1.48. The van der Waals surface area contributed by atoms with Crippen LogP contribution >= 0.6 is 11.6 Å². The average molecular weight is 471 g/mol. The molecule has 0 aliphatic rings. The summed E-state index contributed by atoms with van der Waals surface area (Å²) in [6, 6.07) is 18.3. The Kier molecular flexibility index (Phi) is 5.85. The fourth-order valence-electron chi connectivity index (χ4n) is 3.72. The molecule has 0 atom stereocenters. The largest absolute Gasteiger partial charge is 0.417 e. The predicted octanol–water partition coefficient (Wildman–Crippen LogP) is 7.41. The summed E-state index contributed by atoms with van der Waals surface area (Å²) >= 11 is 6.19. The molecular formula is C26H22ClF3N2O. The molecule has 170 valence electrons. The van der Waals surface area contributed by atoms with Crippen LogP contribution in [-0.4, -0.2) is 14.7 Å². The van der Waals surface area contributed by atoms with Gasteiger partial charge in [0.05, 0.1) is 11.3 Å². The van der Waals surface area contributed by atoms with Crippen LogP contribution in [0.3, 0.4) is 0 Å². The lowest BCUT2D eigenvalue weighted by Crippen LogP contribution is -2.15. The van der Waals surface area contributed by atoms with Gasteiger partial charge in [0.2, 0.25) is 0 Å². The van der Waals surface area contributed by atoms with Crippen LogP contribution < -0.4 is 0 Å². The number of aromatic nitrogens is 2. The highest BCUT2D eigenvalue weighted by atomic mass is 35.5. The lowest BCUT2D eigenvalue weighted by atomic mass is 10.00. The second kappa shape index (κ2) is 8.36. The SMILES string of the molecule is Cc1ccc(Cl)cc1-c1cccc(-n2cc(C(C)(C)O)nc2-c2ccccc2C(F)(F)F)c1. The van der Waals surface area contributed by atoms with Crippen molar-refractivity contribution in [3.05, 3.63) is 94.8 Å². The molecule has 0 fully saturated rings. The standard InChI is InChI=1S/C26H22ClF3N2O/c1-16-11-12-18(27)14-21(16)17-7-6-8-19(13-17)32-15-23(25(2,3)33)31-24(32)20-9-4-5-10-22(20)26(28,29)30/h4-15,33H,1-3H3. The summed E-state index contributed by atoms with van der Waals surface area (Å²) < 4.78 is 42.9. The molecular weight excluding hydrogens is 449 g/mol. The van der Waals surface area contributed by atoms with Gasteiger partial charge in [-0.15, -0.1) is 0 Å². The lowest BCUT2D eigenvalue weighted by Gasteiger charge is -2.15. The molecule has 3 aromatic carbocycles. The van der Waals surface area contributed by atoms with Crippen LogP contribution in [0, 0.1) is 6.92 Å². The van der Waals surface area contributed by atoms with E-state index in [1.807, 2.05) is 43.3 Å². The number of benzene rings is 3. The van der Waals surface area contributed by atoms with Gasteiger partial charge < -0.3 is 5.11 Å². The predicted molar refractivity (Wildman–Crippen MR) is 124 cm³/mol. The molecule has 7 heteroatoms. The number of halogens is 4. The minimum atomic E-state index is -4.55. The molecule has 0 amide bonds. The average Bonchev–Trinajstić information content (AvgIpc) is 3.21. The van der Waals surface area contributed by atoms with Gasteiger partial charge in [0.25, 0.3) is 0 Å². The highest BCUT2D eigenvalue weighted by Gasteiger charge is 2.35. The topological polar surface area (TPSA) is 38.0 Å². The first kappa shape index (κ1) is 23.1. The zero-order valence-electron chi connectivity index (χ0n) is 18.3. The molecule has 4 aromatic rings. The van der Waals surface area contributed by atoms with E-state index < -0.39 is 17.3 Å². The van der Waals surface area contributed by atoms with Crippen molar-refractivity contribution < 1.29 is 18.3 Å². The first-order valence-electron chi connectivity index (χ1n) is 10.3. The smallest absolute Gasteiger partial charge is 0.384 e. The Labute approximate surface area is 195 Å². The van der Waals surface area contributed by atoms with Gasteiger partial charge >= 0.3 is 6.18 Å². The molecule has 0 radical (unpaired) electrons. The molecule has 3 nitrogen and oxygen atoms in total. The van der Waals surface area contributed by atoms with Gasteiger partial charge in [-0.3, -0.25) is 4.57 Å². The van der Waals surface area contributed by atoms with E-state index in [9.17, 15) is 18.3 Å². The number of hydrogen-bond acceptors (Lipinski definition) is 2. The minimum absolute atomic E-state index is 0.0650. The molecule has 0 saturated carbocycles. The highest BCUT2D eigenvalue weighted by molar-refractivity contribution is 6.30. The van der Waals surface area contributed by atoms with Crippen LogP contribution in [0.5, 0.6) is 0 Å². The Bertz CT molecular complexity index is 1320. The van der Waals surface area contributed by atoms with Crippen LogP contribution in [0.4, 0.5) is 13.2 Å². The number of nitrogens with zero attached hydrogens (tertiary/aromatic N) is 2. The highest BCUT2D eigenvalue weighted by Crippen LogP contribution is 2.38. The van der Waals surface area contributed by atoms with Crippen LogP contribution in [0.2, 0.25) is 5.02 Å². The molecule has 0 unspecified atom stereocenters. The van der Waals surface area contributed by atoms with Gasteiger partial charge in [0.1, 0.15) is 11.4 Å². The Hall–Kier alpha value is -3.09. The number of imidazole rings is 1. The summed E-state index contributed by atoms with van der Waals surface area (Å²) in [5.74, 6) is 0.0972. The van der Waals surface area contributed by atoms with E-state index in [1.54, 1.807) is 36.7 Å². The van der Waals surface area contributed by atoms with Gasteiger partial charge in [-0.1, -0.05) is 48.0 Å². The van der Waals surface area contributed by atoms with Gasteiger partial charge in [-0.2, -0.15) is 13.2 Å². The third-order valence-corrected chi connectivity index (χ3v) is 5.68. The van der Waals surface area contributed by atoms with E-state index in [2.05, 4.69) is 4.98 Å². The number of hydrogen-bond donors (Lipinski definition) is 1. The van der Waals surface area contributed by atoms with Crippen molar-refractivity contribution in [1.82, 2.24) is 9.55 Å². The quantitative estimate of drug-likeness (QED) is 0.337. The van der Waals surface area contributed by atoms with E-state index in [0.717, 1.165) is 22.8 Å². The Balaban J connectivity index is 1.95. The van der Waals surface area contributed by atoms with Crippen LogP contribution in [-0.2, 0) is 11.8 Å². The normalized spacial score (nSPS) is 12.2. The molecule has 0 aliphatic heterocycles. The van der Waals surface area contributed by atoms with E-state index in [4.69, 9.17) is 11.6 Å². The summed E-state index contributed by atoms with van der Waals surface area (Å²) in [6.07, 6.45) is -2.98. The van der Waals surface area contributed by atoms with Crippen LogP contribution in [0.15, 0.2) is 72.9 Å². The third kappa shape index (κ3) is 4.68. The second-order valence-corrected chi connectivity index (χ2v) is 8.87. The van der Waals surface area contributed by atoms with Crippen LogP contribution in [0.1, 0.15) is 30.7 Å². The Morgan fingerprint density at radius 1 is 0.909 bits per heavy atom. The fourth-order valence-corrected chi connectivity index (χ4v) is 3.89. The molecule has 0 aliphatic carbocycles. The minimum Gasteiger partial charge on any atom is -0.384 e. The van der Waals surface area contributed by atoms with E-state index in [-0.39, 0.29) is 17.1 Å². The Morgan fingerprint density at radius 2 is 1.64 bits per heavy atom. The van der Waals surface area contributed by atoms with Crippen molar-refractivity contribution in [2.75, 3.05) is 0 Å². The van der Waals surface area contributed by atoms with E-state index in [0.29, 0.717) is 10.7 Å². The van der Waals surface area contributed by atoms with Crippen molar-refractivity contribution in [3.63, 3.8) is 0 Å². The summed E-state index contributed by atoms with van der Waals surface area (Å²) in [4.78, 5) is 4.43. The monoisotopic (exact) mass is 470 g/mol. The molecule has 0 bridgehead atoms. The molecule has 4 rings (SSSR count). The van der Waals surface area contributed by atoms with Gasteiger partial charge in [0.15, 0.2) is 0 Å². The van der Waals surface area contributed by atoms with Crippen molar-refractivity contribution in [3.8, 4) is 28.2 Å². The van der Waals surface area contributed by atoms with Crippen molar-refractivity contribution in [1.29, 1.82) is 0 Å². The molecule has 0 spiro atoms. The zero-order chi connectivity index (χ0) is 24.0. The summed E-state index contributed by atoms with van der Waals surface area (Å²) in [7, 11) is 0. The number of alkyl halides is 3. The Morgan fingerprint density at radius 3 is 2.33 bits per heavy atom. The summed E-state index contributed by atoms with van der Waals surface area (Å²) in [6.45, 7) is 5.06. The first-order chi connectivity index (χ1) is 15.4. The van der Waals surface area contributed by atoms with E-state index in [1.165, 1.54) is 12.1 Å². The van der Waals surface area contributed by atoms with Crippen molar-refractivity contribution in [2.24, 2.45) is 0 Å². The third-order valence-electron chi connectivity index (χ3n) is 5.44. The van der Waals surface area contributed by atoms with E-state index >= 15 is 0 Å². The van der Waals surface area contributed by atoms with Crippen LogP contribution in [0.25, 0.3) is 28.2 Å². The number of rotatable bonds is 4. The molecule has 33 heavy (non-hydrogen) atoms. The molecule has 1 heterocycles. The molecule has 1 N–H and O–H groups in total. The lowest BCUT2D eigenvalue weighted by molar-refractivity contribution is -0.137. The fraction of sp³-hybridized carbons (Fsp3) is 0.192. The van der Waals surface area contributed by atoms with Gasteiger partial charge in [-0.25, -0.2) is 4.98 Å². The zero-order valence-corrected chi connectivity index (χ0v) is 19.0. The van der Waals surface area contributed by atoms with Crippen molar-refractivity contribution in [2.45, 2.75) is 32.5 Å². The maximum atomic E-state index is 13.8.